The molecule has 0 amide bonds. The number of pyridine rings is 1. The molecule has 2 N–H and O–H groups in total. The van der Waals surface area contributed by atoms with Crippen LogP contribution in [0.15, 0.2) is 48.8 Å². The average molecular weight is 238 g/mol. The van der Waals surface area contributed by atoms with Gasteiger partial charge in [-0.3, -0.25) is 9.78 Å². The van der Waals surface area contributed by atoms with E-state index in [-0.39, 0.29) is 11.2 Å². The number of nitrogen functional groups attached to an aromatic ring is 1. The predicted molar refractivity (Wildman–Crippen MR) is 70.3 cm³/mol. The normalized spacial score (nSPS) is 16.2. The van der Waals surface area contributed by atoms with Gasteiger partial charge in [-0.15, -0.1) is 0 Å². The highest BCUT2D eigenvalue weighted by molar-refractivity contribution is 6.09. The molecule has 2 aromatic rings. The van der Waals surface area contributed by atoms with E-state index >= 15 is 0 Å². The Balaban J connectivity index is 2.01. The first-order valence-electron chi connectivity index (χ1n) is 6.04. The van der Waals surface area contributed by atoms with Crippen LogP contribution in [0.4, 0.5) is 5.69 Å². The van der Waals surface area contributed by atoms with Crippen LogP contribution in [0.1, 0.15) is 28.8 Å². The van der Waals surface area contributed by atoms with Crippen LogP contribution >= 0.6 is 0 Å². The summed E-state index contributed by atoms with van der Waals surface area (Å²) in [7, 11) is 0. The summed E-state index contributed by atoms with van der Waals surface area (Å²) in [6.07, 6.45) is 4.96. The standard InChI is InChI=1S/C15H14N2O/c16-13-6-9-17-10-12(13)14(18)15(7-8-15)11-4-2-1-3-5-11/h1-6,9-10H,7-8H2,(H2,16,17). The van der Waals surface area contributed by atoms with Crippen LogP contribution in [0.25, 0.3) is 0 Å². The SMILES string of the molecule is Nc1ccncc1C(=O)C1(c2ccccc2)CC1. The molecule has 0 radical (unpaired) electrons. The van der Waals surface area contributed by atoms with Gasteiger partial charge in [0.25, 0.3) is 0 Å². The number of hydrogen-bond donors (Lipinski definition) is 1. The summed E-state index contributed by atoms with van der Waals surface area (Å²) in [5, 5.41) is 0. The van der Waals surface area contributed by atoms with Gasteiger partial charge < -0.3 is 5.73 Å². The zero-order valence-corrected chi connectivity index (χ0v) is 9.97. The molecule has 0 unspecified atom stereocenters. The second-order valence-electron chi connectivity index (χ2n) is 4.74. The van der Waals surface area contributed by atoms with E-state index in [9.17, 15) is 4.79 Å². The van der Waals surface area contributed by atoms with Gasteiger partial charge in [-0.05, 0) is 24.5 Å². The van der Waals surface area contributed by atoms with Crippen LogP contribution < -0.4 is 5.73 Å². The highest BCUT2D eigenvalue weighted by atomic mass is 16.1. The Labute approximate surface area is 106 Å². The van der Waals surface area contributed by atoms with Crippen molar-refractivity contribution in [2.75, 3.05) is 5.73 Å². The smallest absolute Gasteiger partial charge is 0.176 e. The van der Waals surface area contributed by atoms with Crippen molar-refractivity contribution in [1.29, 1.82) is 0 Å². The van der Waals surface area contributed by atoms with Gasteiger partial charge in [-0.1, -0.05) is 30.3 Å². The summed E-state index contributed by atoms with van der Waals surface area (Å²) >= 11 is 0. The number of nitrogens with two attached hydrogens (primary N) is 1. The molecule has 0 bridgehead atoms. The Hall–Kier alpha value is -2.16. The van der Waals surface area contributed by atoms with E-state index in [1.54, 1.807) is 18.5 Å². The molecule has 1 aromatic heterocycles. The number of ketones is 1. The lowest BCUT2D eigenvalue weighted by Crippen LogP contribution is -2.21. The molecular weight excluding hydrogens is 224 g/mol. The minimum atomic E-state index is -0.363. The fourth-order valence-corrected chi connectivity index (χ4v) is 2.38. The van der Waals surface area contributed by atoms with Gasteiger partial charge in [-0.2, -0.15) is 0 Å². The number of carbonyl (C=O) groups excluding carboxylic acids is 1. The highest BCUT2D eigenvalue weighted by Crippen LogP contribution is 2.50. The van der Waals surface area contributed by atoms with Crippen molar-refractivity contribution in [3.05, 3.63) is 59.9 Å². The van der Waals surface area contributed by atoms with Crippen molar-refractivity contribution in [3.8, 4) is 0 Å². The van der Waals surface area contributed by atoms with Gasteiger partial charge in [0.05, 0.1) is 11.0 Å². The zero-order valence-electron chi connectivity index (χ0n) is 9.97. The molecule has 0 spiro atoms. The topological polar surface area (TPSA) is 56.0 Å². The molecule has 1 heterocycles. The summed E-state index contributed by atoms with van der Waals surface area (Å²) in [6.45, 7) is 0. The Morgan fingerprint density at radius 1 is 1.17 bits per heavy atom. The van der Waals surface area contributed by atoms with Crippen LogP contribution in [-0.4, -0.2) is 10.8 Å². The Morgan fingerprint density at radius 2 is 1.89 bits per heavy atom. The molecule has 18 heavy (non-hydrogen) atoms. The third-order valence-electron chi connectivity index (χ3n) is 3.61. The van der Waals surface area contributed by atoms with Gasteiger partial charge in [0.15, 0.2) is 5.78 Å². The second-order valence-corrected chi connectivity index (χ2v) is 4.74. The molecule has 3 heteroatoms. The first-order chi connectivity index (χ1) is 8.74. The van der Waals surface area contributed by atoms with E-state index in [1.165, 1.54) is 0 Å². The van der Waals surface area contributed by atoms with Crippen molar-refractivity contribution >= 4 is 11.5 Å². The van der Waals surface area contributed by atoms with Gasteiger partial charge >= 0.3 is 0 Å². The minimum Gasteiger partial charge on any atom is -0.398 e. The number of carbonyl (C=O) groups is 1. The molecule has 1 aliphatic rings. The number of aromatic nitrogens is 1. The van der Waals surface area contributed by atoms with Crippen LogP contribution in [0.5, 0.6) is 0 Å². The maximum atomic E-state index is 12.6. The Morgan fingerprint density at radius 3 is 2.50 bits per heavy atom. The molecule has 0 aliphatic heterocycles. The number of benzene rings is 1. The van der Waals surface area contributed by atoms with E-state index in [0.717, 1.165) is 18.4 Å². The molecule has 1 aliphatic carbocycles. The lowest BCUT2D eigenvalue weighted by molar-refractivity contribution is 0.0946. The molecule has 90 valence electrons. The molecule has 0 saturated heterocycles. The average Bonchev–Trinajstić information content (AvgIpc) is 3.21. The van der Waals surface area contributed by atoms with E-state index in [1.807, 2.05) is 30.3 Å². The van der Waals surface area contributed by atoms with Crippen LogP contribution in [-0.2, 0) is 5.41 Å². The third-order valence-corrected chi connectivity index (χ3v) is 3.61. The summed E-state index contributed by atoms with van der Waals surface area (Å²) in [4.78, 5) is 16.6. The third kappa shape index (κ3) is 1.59. The molecule has 1 fully saturated rings. The largest absolute Gasteiger partial charge is 0.398 e. The number of hydrogen-bond acceptors (Lipinski definition) is 3. The molecule has 3 nitrogen and oxygen atoms in total. The van der Waals surface area contributed by atoms with Crippen LogP contribution in [0, 0.1) is 0 Å². The van der Waals surface area contributed by atoms with E-state index in [4.69, 9.17) is 5.73 Å². The number of nitrogens with zero attached hydrogens (tertiary/aromatic N) is 1. The van der Waals surface area contributed by atoms with E-state index < -0.39 is 0 Å². The van der Waals surface area contributed by atoms with Gasteiger partial charge in [0.2, 0.25) is 0 Å². The van der Waals surface area contributed by atoms with Crippen molar-refractivity contribution < 1.29 is 4.79 Å². The van der Waals surface area contributed by atoms with E-state index in [2.05, 4.69) is 4.98 Å². The highest BCUT2D eigenvalue weighted by Gasteiger charge is 2.51. The first-order valence-corrected chi connectivity index (χ1v) is 6.04. The summed E-state index contributed by atoms with van der Waals surface area (Å²) in [6, 6.07) is 11.6. The summed E-state index contributed by atoms with van der Waals surface area (Å²) in [5.41, 5.74) is 7.63. The number of anilines is 1. The van der Waals surface area contributed by atoms with Gasteiger partial charge in [-0.25, -0.2) is 0 Å². The molecule has 1 saturated carbocycles. The monoisotopic (exact) mass is 238 g/mol. The molecular formula is C15H14N2O. The molecule has 0 atom stereocenters. The summed E-state index contributed by atoms with van der Waals surface area (Å²) < 4.78 is 0. The van der Waals surface area contributed by atoms with Crippen molar-refractivity contribution in [2.45, 2.75) is 18.3 Å². The zero-order chi connectivity index (χ0) is 12.6. The maximum absolute atomic E-state index is 12.6. The van der Waals surface area contributed by atoms with Crippen molar-refractivity contribution in [3.63, 3.8) is 0 Å². The Bertz CT molecular complexity index is 588. The maximum Gasteiger partial charge on any atom is 0.176 e. The van der Waals surface area contributed by atoms with Crippen molar-refractivity contribution in [2.24, 2.45) is 0 Å². The summed E-state index contributed by atoms with van der Waals surface area (Å²) in [5.74, 6) is 0.0966. The molecule has 1 aromatic carbocycles. The fourth-order valence-electron chi connectivity index (χ4n) is 2.38. The quantitative estimate of drug-likeness (QED) is 0.836. The lowest BCUT2D eigenvalue weighted by Gasteiger charge is -2.15. The lowest BCUT2D eigenvalue weighted by atomic mass is 9.87. The van der Waals surface area contributed by atoms with Crippen LogP contribution in [0.2, 0.25) is 0 Å². The predicted octanol–water partition coefficient (Wildman–Crippen LogP) is 2.58. The molecule has 3 rings (SSSR count). The number of Topliss-reactive ketones (excluding diaryl/α,β-unsaturated/α-hetero) is 1. The fraction of sp³-hybridized carbons (Fsp3) is 0.200. The Kier molecular flexibility index (Phi) is 2.40. The first kappa shape index (κ1) is 11.0. The minimum absolute atomic E-state index is 0.0966. The second kappa shape index (κ2) is 3.95. The van der Waals surface area contributed by atoms with E-state index in [0.29, 0.717) is 11.3 Å². The van der Waals surface area contributed by atoms with Gasteiger partial charge in [0.1, 0.15) is 0 Å². The van der Waals surface area contributed by atoms with Crippen molar-refractivity contribution in [1.82, 2.24) is 4.98 Å². The van der Waals surface area contributed by atoms with Crippen LogP contribution in [0.3, 0.4) is 0 Å². The van der Waals surface area contributed by atoms with Gasteiger partial charge in [0, 0.05) is 18.1 Å². The number of rotatable bonds is 3.